The second-order valence-electron chi connectivity index (χ2n) is 6.58. The van der Waals surface area contributed by atoms with Crippen molar-refractivity contribution in [1.29, 1.82) is 0 Å². The van der Waals surface area contributed by atoms with Crippen LogP contribution in [0.2, 0.25) is 0 Å². The molecule has 2 N–H and O–H groups in total. The quantitative estimate of drug-likeness (QED) is 0.709. The summed E-state index contributed by atoms with van der Waals surface area (Å²) in [4.78, 5) is 19.5. The van der Waals surface area contributed by atoms with Gasteiger partial charge in [-0.3, -0.25) is 9.78 Å². The van der Waals surface area contributed by atoms with E-state index in [4.69, 9.17) is 15.2 Å². The summed E-state index contributed by atoms with van der Waals surface area (Å²) in [7, 11) is 4.95. The molecule has 146 valence electrons. The van der Waals surface area contributed by atoms with Crippen molar-refractivity contribution in [2.45, 2.75) is 19.5 Å². The van der Waals surface area contributed by atoms with E-state index in [2.05, 4.69) is 4.98 Å². The molecule has 1 aromatic heterocycles. The van der Waals surface area contributed by atoms with E-state index in [0.717, 1.165) is 10.9 Å². The smallest absolute Gasteiger partial charge is 0.256 e. The highest BCUT2D eigenvalue weighted by Crippen LogP contribution is 2.35. The van der Waals surface area contributed by atoms with Crippen molar-refractivity contribution in [3.05, 3.63) is 65.5 Å². The summed E-state index contributed by atoms with van der Waals surface area (Å²) in [6, 6.07) is 13.4. The van der Waals surface area contributed by atoms with E-state index in [9.17, 15) is 4.79 Å². The minimum atomic E-state index is -0.132. The summed E-state index contributed by atoms with van der Waals surface area (Å²) in [5.74, 6) is 1.05. The number of hydrogen-bond donors (Lipinski definition) is 1. The number of carbonyl (C=O) groups is 1. The Balaban J connectivity index is 2.13. The van der Waals surface area contributed by atoms with Gasteiger partial charge in [0.25, 0.3) is 5.91 Å². The molecule has 6 heteroatoms. The topological polar surface area (TPSA) is 77.7 Å². The number of nitrogens with two attached hydrogens (primary N) is 1. The molecule has 3 rings (SSSR count). The van der Waals surface area contributed by atoms with Crippen LogP contribution in [0.25, 0.3) is 10.8 Å². The number of pyridine rings is 1. The number of benzene rings is 2. The fraction of sp³-hybridized carbons (Fsp3) is 0.273. The van der Waals surface area contributed by atoms with E-state index < -0.39 is 0 Å². The number of hydrogen-bond acceptors (Lipinski definition) is 5. The SMILES string of the molecule is COc1cc(OC)c2c(CN)ncc(C(=O)N(C)C(C)c3ccccc3)c2c1. The van der Waals surface area contributed by atoms with Crippen LogP contribution in [0.1, 0.15) is 34.6 Å². The average molecular weight is 379 g/mol. The fourth-order valence-corrected chi connectivity index (χ4v) is 3.30. The zero-order chi connectivity index (χ0) is 20.3. The monoisotopic (exact) mass is 379 g/mol. The Bertz CT molecular complexity index is 989. The first-order chi connectivity index (χ1) is 13.5. The maximum Gasteiger partial charge on any atom is 0.256 e. The zero-order valence-corrected chi connectivity index (χ0v) is 16.6. The van der Waals surface area contributed by atoms with Crippen LogP contribution < -0.4 is 15.2 Å². The minimum Gasteiger partial charge on any atom is -0.497 e. The minimum absolute atomic E-state index is 0.0922. The van der Waals surface area contributed by atoms with Crippen LogP contribution in [0, 0.1) is 0 Å². The molecule has 0 spiro atoms. The molecule has 3 aromatic rings. The average Bonchev–Trinajstić information content (AvgIpc) is 2.76. The highest BCUT2D eigenvalue weighted by atomic mass is 16.5. The van der Waals surface area contributed by atoms with E-state index in [1.165, 1.54) is 0 Å². The number of carbonyl (C=O) groups excluding carboxylic acids is 1. The number of amides is 1. The molecule has 1 atom stereocenters. The van der Waals surface area contributed by atoms with Crippen LogP contribution >= 0.6 is 0 Å². The molecule has 0 aliphatic rings. The first kappa shape index (κ1) is 19.6. The number of fused-ring (bicyclic) bond motifs is 1. The van der Waals surface area contributed by atoms with Crippen LogP contribution in [0.3, 0.4) is 0 Å². The largest absolute Gasteiger partial charge is 0.497 e. The predicted molar refractivity (Wildman–Crippen MR) is 110 cm³/mol. The predicted octanol–water partition coefficient (Wildman–Crippen LogP) is 3.54. The van der Waals surface area contributed by atoms with Crippen molar-refractivity contribution in [1.82, 2.24) is 9.88 Å². The Morgan fingerprint density at radius 1 is 1.18 bits per heavy atom. The fourth-order valence-electron chi connectivity index (χ4n) is 3.30. The maximum atomic E-state index is 13.3. The van der Waals surface area contributed by atoms with E-state index in [1.54, 1.807) is 38.4 Å². The van der Waals surface area contributed by atoms with Crippen LogP contribution in [-0.4, -0.2) is 37.1 Å². The third-order valence-electron chi connectivity index (χ3n) is 5.07. The lowest BCUT2D eigenvalue weighted by atomic mass is 10.0. The highest BCUT2D eigenvalue weighted by molar-refractivity contribution is 6.09. The summed E-state index contributed by atoms with van der Waals surface area (Å²) in [5.41, 5.74) is 8.09. The molecule has 0 saturated carbocycles. The molecular weight excluding hydrogens is 354 g/mol. The van der Waals surface area contributed by atoms with Gasteiger partial charge in [0.2, 0.25) is 0 Å². The van der Waals surface area contributed by atoms with Crippen molar-refractivity contribution in [2.24, 2.45) is 5.73 Å². The van der Waals surface area contributed by atoms with Gasteiger partial charge in [-0.05, 0) is 18.6 Å². The Morgan fingerprint density at radius 2 is 1.89 bits per heavy atom. The number of methoxy groups -OCH3 is 2. The van der Waals surface area contributed by atoms with Gasteiger partial charge < -0.3 is 20.1 Å². The Hall–Kier alpha value is -3.12. The van der Waals surface area contributed by atoms with Crippen LogP contribution in [-0.2, 0) is 6.54 Å². The highest BCUT2D eigenvalue weighted by Gasteiger charge is 2.23. The molecule has 0 bridgehead atoms. The molecule has 1 heterocycles. The summed E-state index contributed by atoms with van der Waals surface area (Å²) < 4.78 is 10.9. The number of nitrogens with zero attached hydrogens (tertiary/aromatic N) is 2. The van der Waals surface area contributed by atoms with Crippen LogP contribution in [0.5, 0.6) is 11.5 Å². The summed E-state index contributed by atoms with van der Waals surface area (Å²) >= 11 is 0. The van der Waals surface area contributed by atoms with Gasteiger partial charge in [-0.15, -0.1) is 0 Å². The van der Waals surface area contributed by atoms with Gasteiger partial charge in [0.15, 0.2) is 0 Å². The van der Waals surface area contributed by atoms with E-state index >= 15 is 0 Å². The second kappa shape index (κ2) is 8.27. The first-order valence-electron chi connectivity index (χ1n) is 9.07. The molecule has 2 aromatic carbocycles. The van der Waals surface area contributed by atoms with Crippen molar-refractivity contribution in [3.8, 4) is 11.5 Å². The van der Waals surface area contributed by atoms with E-state index in [-0.39, 0.29) is 18.5 Å². The van der Waals surface area contributed by atoms with Crippen LogP contribution in [0.4, 0.5) is 0 Å². The summed E-state index contributed by atoms with van der Waals surface area (Å²) in [6.45, 7) is 2.24. The molecule has 1 unspecified atom stereocenters. The number of aromatic nitrogens is 1. The molecule has 1 amide bonds. The lowest BCUT2D eigenvalue weighted by molar-refractivity contribution is 0.0744. The second-order valence-corrected chi connectivity index (χ2v) is 6.58. The molecule has 0 saturated heterocycles. The molecule has 0 fully saturated rings. The van der Waals surface area contributed by atoms with Gasteiger partial charge >= 0.3 is 0 Å². The third kappa shape index (κ3) is 3.51. The molecule has 28 heavy (non-hydrogen) atoms. The zero-order valence-electron chi connectivity index (χ0n) is 16.6. The summed E-state index contributed by atoms with van der Waals surface area (Å²) in [6.07, 6.45) is 1.58. The molecule has 0 aliphatic carbocycles. The van der Waals surface area contributed by atoms with E-state index in [1.807, 2.05) is 43.3 Å². The standard InChI is InChI=1S/C22H25N3O3/c1-14(15-8-6-5-7-9-15)25(2)22(26)18-13-24-19(12-23)21-17(18)10-16(27-3)11-20(21)28-4/h5-11,13-14H,12,23H2,1-4H3. The molecular formula is C22H25N3O3. The Labute approximate surface area is 164 Å². The lowest BCUT2D eigenvalue weighted by Gasteiger charge is -2.26. The van der Waals surface area contributed by atoms with Crippen LogP contribution in [0.15, 0.2) is 48.7 Å². The van der Waals surface area contributed by atoms with Crippen molar-refractivity contribution >= 4 is 16.7 Å². The first-order valence-corrected chi connectivity index (χ1v) is 9.07. The molecule has 0 aliphatic heterocycles. The Morgan fingerprint density at radius 3 is 2.50 bits per heavy atom. The Kier molecular flexibility index (Phi) is 5.80. The van der Waals surface area contributed by atoms with Crippen molar-refractivity contribution < 1.29 is 14.3 Å². The van der Waals surface area contributed by atoms with Gasteiger partial charge in [-0.25, -0.2) is 0 Å². The van der Waals surface area contributed by atoms with Gasteiger partial charge in [-0.1, -0.05) is 30.3 Å². The van der Waals surface area contributed by atoms with Crippen molar-refractivity contribution in [3.63, 3.8) is 0 Å². The molecule has 6 nitrogen and oxygen atoms in total. The van der Waals surface area contributed by atoms with Gasteiger partial charge in [0.1, 0.15) is 11.5 Å². The maximum absolute atomic E-state index is 13.3. The summed E-state index contributed by atoms with van der Waals surface area (Å²) in [5, 5.41) is 1.45. The lowest BCUT2D eigenvalue weighted by Crippen LogP contribution is -2.30. The normalized spacial score (nSPS) is 11.9. The number of ether oxygens (including phenoxy) is 2. The van der Waals surface area contributed by atoms with Gasteiger partial charge in [0.05, 0.1) is 31.5 Å². The van der Waals surface area contributed by atoms with Gasteiger partial charge in [0, 0.05) is 36.6 Å². The molecule has 0 radical (unpaired) electrons. The number of rotatable bonds is 6. The van der Waals surface area contributed by atoms with Crippen molar-refractivity contribution in [2.75, 3.05) is 21.3 Å². The van der Waals surface area contributed by atoms with Gasteiger partial charge in [-0.2, -0.15) is 0 Å². The third-order valence-corrected chi connectivity index (χ3v) is 5.07. The van der Waals surface area contributed by atoms with E-state index in [0.29, 0.717) is 28.1 Å².